The maximum Gasteiger partial charge on any atom is 0.268 e. The number of pyridine rings is 1. The molecule has 1 aromatic heterocycles. The van der Waals surface area contributed by atoms with E-state index in [9.17, 15) is 4.79 Å². The van der Waals surface area contributed by atoms with Gasteiger partial charge in [-0.15, -0.1) is 0 Å². The van der Waals surface area contributed by atoms with E-state index in [0.29, 0.717) is 10.2 Å². The van der Waals surface area contributed by atoms with Gasteiger partial charge in [0.15, 0.2) is 0 Å². The maximum atomic E-state index is 11.8. The Morgan fingerprint density at radius 2 is 1.83 bits per heavy atom. The molecular weight excluding hydrogens is 294 g/mol. The van der Waals surface area contributed by atoms with Crippen LogP contribution in [-0.2, 0) is 7.05 Å². The number of benzene rings is 1. The molecule has 94 valence electrons. The molecule has 18 heavy (non-hydrogen) atoms. The van der Waals surface area contributed by atoms with E-state index in [1.54, 1.807) is 24.9 Å². The molecule has 0 unspecified atom stereocenters. The lowest BCUT2D eigenvalue weighted by atomic mass is 10.1. The normalized spacial score (nSPS) is 10.4. The van der Waals surface area contributed by atoms with Crippen molar-refractivity contribution in [1.82, 2.24) is 4.57 Å². The molecule has 0 N–H and O–H groups in total. The Morgan fingerprint density at radius 1 is 1.22 bits per heavy atom. The van der Waals surface area contributed by atoms with E-state index in [-0.39, 0.29) is 5.56 Å². The molecule has 0 radical (unpaired) electrons. The molecule has 0 aliphatic carbocycles. The van der Waals surface area contributed by atoms with Crippen LogP contribution in [0.1, 0.15) is 5.56 Å². The van der Waals surface area contributed by atoms with Gasteiger partial charge >= 0.3 is 0 Å². The van der Waals surface area contributed by atoms with Crippen LogP contribution in [0.25, 0.3) is 11.1 Å². The van der Waals surface area contributed by atoms with Crippen molar-refractivity contribution in [3.63, 3.8) is 0 Å². The lowest BCUT2D eigenvalue weighted by Crippen LogP contribution is -2.18. The summed E-state index contributed by atoms with van der Waals surface area (Å²) in [6.07, 6.45) is 1.79. The summed E-state index contributed by atoms with van der Waals surface area (Å²) in [7, 11) is 3.29. The molecule has 3 nitrogen and oxygen atoms in total. The fraction of sp³-hybridized carbons (Fsp3) is 0.214. The minimum Gasteiger partial charge on any atom is -0.495 e. The number of halogens is 1. The third-order valence-corrected chi connectivity index (χ3v) is 3.54. The summed E-state index contributed by atoms with van der Waals surface area (Å²) in [4.78, 5) is 11.8. The monoisotopic (exact) mass is 307 g/mol. The summed E-state index contributed by atoms with van der Waals surface area (Å²) in [6.45, 7) is 2.04. The zero-order valence-electron chi connectivity index (χ0n) is 10.5. The van der Waals surface area contributed by atoms with Gasteiger partial charge in [0.05, 0.1) is 7.11 Å². The first kappa shape index (κ1) is 12.9. The van der Waals surface area contributed by atoms with E-state index in [1.165, 1.54) is 5.56 Å². The van der Waals surface area contributed by atoms with Gasteiger partial charge < -0.3 is 9.30 Å². The summed E-state index contributed by atoms with van der Waals surface area (Å²) < 4.78 is 7.33. The SMILES string of the molecule is COc1c(-c2ccc(C)cc2)cn(C)c(=O)c1Br. The van der Waals surface area contributed by atoms with Crippen LogP contribution in [0, 0.1) is 6.92 Å². The van der Waals surface area contributed by atoms with Crippen molar-refractivity contribution in [1.29, 1.82) is 0 Å². The highest BCUT2D eigenvalue weighted by molar-refractivity contribution is 9.10. The van der Waals surface area contributed by atoms with Crippen molar-refractivity contribution in [2.75, 3.05) is 7.11 Å². The number of hydrogen-bond acceptors (Lipinski definition) is 2. The molecule has 2 aromatic rings. The molecule has 0 fully saturated rings. The first-order valence-electron chi connectivity index (χ1n) is 5.54. The first-order chi connectivity index (χ1) is 8.54. The van der Waals surface area contributed by atoms with E-state index >= 15 is 0 Å². The van der Waals surface area contributed by atoms with Gasteiger partial charge in [-0.3, -0.25) is 4.79 Å². The van der Waals surface area contributed by atoms with Crippen LogP contribution in [0.4, 0.5) is 0 Å². The lowest BCUT2D eigenvalue weighted by Gasteiger charge is -2.12. The molecule has 1 aromatic carbocycles. The molecule has 0 spiro atoms. The molecule has 0 aliphatic heterocycles. The van der Waals surface area contributed by atoms with Crippen molar-refractivity contribution in [3.05, 3.63) is 50.9 Å². The van der Waals surface area contributed by atoms with Gasteiger partial charge in [-0.1, -0.05) is 29.8 Å². The number of hydrogen-bond donors (Lipinski definition) is 0. The van der Waals surface area contributed by atoms with E-state index in [0.717, 1.165) is 11.1 Å². The molecule has 0 bridgehead atoms. The quantitative estimate of drug-likeness (QED) is 0.853. The highest BCUT2D eigenvalue weighted by atomic mass is 79.9. The zero-order valence-corrected chi connectivity index (χ0v) is 12.1. The van der Waals surface area contributed by atoms with Crippen LogP contribution in [0.5, 0.6) is 5.75 Å². The number of ether oxygens (including phenoxy) is 1. The highest BCUT2D eigenvalue weighted by Crippen LogP contribution is 2.33. The first-order valence-corrected chi connectivity index (χ1v) is 6.34. The van der Waals surface area contributed by atoms with Gasteiger partial charge in [0.1, 0.15) is 10.2 Å². The van der Waals surface area contributed by atoms with Crippen LogP contribution in [-0.4, -0.2) is 11.7 Å². The second-order valence-corrected chi connectivity index (χ2v) is 4.97. The number of rotatable bonds is 2. The average Bonchev–Trinajstić information content (AvgIpc) is 2.37. The number of methoxy groups -OCH3 is 1. The van der Waals surface area contributed by atoms with Crippen molar-refractivity contribution < 1.29 is 4.74 Å². The molecule has 2 rings (SSSR count). The zero-order chi connectivity index (χ0) is 13.3. The van der Waals surface area contributed by atoms with Gasteiger partial charge in [0, 0.05) is 18.8 Å². The van der Waals surface area contributed by atoms with Gasteiger partial charge in [-0.2, -0.15) is 0 Å². The Hall–Kier alpha value is -1.55. The van der Waals surface area contributed by atoms with Gasteiger partial charge in [-0.05, 0) is 28.4 Å². The molecule has 1 heterocycles. The van der Waals surface area contributed by atoms with E-state index in [2.05, 4.69) is 15.9 Å². The summed E-state index contributed by atoms with van der Waals surface area (Å²) >= 11 is 3.30. The fourth-order valence-corrected chi connectivity index (χ4v) is 2.47. The van der Waals surface area contributed by atoms with Crippen molar-refractivity contribution in [2.45, 2.75) is 6.92 Å². The van der Waals surface area contributed by atoms with Gasteiger partial charge in [0.2, 0.25) is 0 Å². The number of nitrogens with zero attached hydrogens (tertiary/aromatic N) is 1. The molecule has 0 saturated carbocycles. The molecule has 0 saturated heterocycles. The minimum absolute atomic E-state index is 0.109. The lowest BCUT2D eigenvalue weighted by molar-refractivity contribution is 0.411. The number of aromatic nitrogens is 1. The fourth-order valence-electron chi connectivity index (χ4n) is 1.82. The standard InChI is InChI=1S/C14H14BrNO2/c1-9-4-6-10(7-5-9)11-8-16(2)14(17)12(15)13(11)18-3/h4-8H,1-3H3. The third-order valence-electron chi connectivity index (χ3n) is 2.84. The summed E-state index contributed by atoms with van der Waals surface area (Å²) in [5, 5.41) is 0. The Balaban J connectivity index is 2.71. The van der Waals surface area contributed by atoms with E-state index < -0.39 is 0 Å². The Morgan fingerprint density at radius 3 is 2.39 bits per heavy atom. The Labute approximate surface area is 114 Å². The van der Waals surface area contributed by atoms with Crippen LogP contribution in [0.2, 0.25) is 0 Å². The Kier molecular flexibility index (Phi) is 3.57. The summed E-state index contributed by atoms with van der Waals surface area (Å²) in [5.41, 5.74) is 3.00. The van der Waals surface area contributed by atoms with Gasteiger partial charge in [-0.25, -0.2) is 0 Å². The summed E-state index contributed by atoms with van der Waals surface area (Å²) in [5.74, 6) is 0.571. The van der Waals surface area contributed by atoms with Crippen LogP contribution < -0.4 is 10.3 Å². The summed E-state index contributed by atoms with van der Waals surface area (Å²) in [6, 6.07) is 8.11. The van der Waals surface area contributed by atoms with Crippen molar-refractivity contribution in [2.24, 2.45) is 7.05 Å². The second kappa shape index (κ2) is 4.98. The average molecular weight is 308 g/mol. The van der Waals surface area contributed by atoms with Gasteiger partial charge in [0.25, 0.3) is 5.56 Å². The van der Waals surface area contributed by atoms with Crippen molar-refractivity contribution in [3.8, 4) is 16.9 Å². The van der Waals surface area contributed by atoms with Crippen LogP contribution >= 0.6 is 15.9 Å². The third kappa shape index (κ3) is 2.20. The smallest absolute Gasteiger partial charge is 0.268 e. The molecule has 4 heteroatoms. The molecule has 0 amide bonds. The minimum atomic E-state index is -0.109. The molecular formula is C14H14BrNO2. The highest BCUT2D eigenvalue weighted by Gasteiger charge is 2.14. The largest absolute Gasteiger partial charge is 0.495 e. The van der Waals surface area contributed by atoms with Crippen LogP contribution in [0.3, 0.4) is 0 Å². The predicted octanol–water partition coefficient (Wildman–Crippen LogP) is 3.13. The van der Waals surface area contributed by atoms with E-state index in [1.807, 2.05) is 31.2 Å². The van der Waals surface area contributed by atoms with Crippen LogP contribution in [0.15, 0.2) is 39.7 Å². The van der Waals surface area contributed by atoms with Crippen molar-refractivity contribution >= 4 is 15.9 Å². The topological polar surface area (TPSA) is 31.2 Å². The second-order valence-electron chi connectivity index (χ2n) is 4.17. The predicted molar refractivity (Wildman–Crippen MR) is 76.1 cm³/mol. The van der Waals surface area contributed by atoms with E-state index in [4.69, 9.17) is 4.74 Å². The maximum absolute atomic E-state index is 11.8. The molecule has 0 atom stereocenters. The Bertz CT molecular complexity index is 629. The molecule has 0 aliphatic rings. The number of aryl methyl sites for hydroxylation is 2.